The summed E-state index contributed by atoms with van der Waals surface area (Å²) in [6, 6.07) is 14.9. The first kappa shape index (κ1) is 20.0. The topological polar surface area (TPSA) is 84.2 Å². The zero-order chi connectivity index (χ0) is 19.2. The molecule has 2 amide bonds. The third-order valence-corrected chi connectivity index (χ3v) is 4.60. The van der Waals surface area contributed by atoms with Crippen LogP contribution in [0.2, 0.25) is 0 Å². The number of nitrogens with one attached hydrogen (secondary N) is 2. The van der Waals surface area contributed by atoms with Crippen LogP contribution in [0.4, 0.5) is 5.69 Å². The van der Waals surface area contributed by atoms with Crippen molar-refractivity contribution in [3.8, 4) is 0 Å². The molecule has 0 saturated carbocycles. The van der Waals surface area contributed by atoms with Crippen molar-refractivity contribution in [2.45, 2.75) is 31.2 Å². The van der Waals surface area contributed by atoms with Crippen molar-refractivity contribution in [1.82, 2.24) is 5.32 Å². The molecule has 0 saturated heterocycles. The van der Waals surface area contributed by atoms with E-state index in [4.69, 9.17) is 5.73 Å². The number of carbonyl (C=O) groups is 2. The standard InChI is InChI=1S/C20H25N3O2S/c1-14-8-10-15(11-9-14)23-18(24)12-26-17-7-5-4-6-16(17)19(25)22-13-20(2,3)21/h4-11H,12-13,21H2,1-3H3,(H,22,25)(H,23,24). The number of carbonyl (C=O) groups excluding carboxylic acids is 2. The Morgan fingerprint density at radius 2 is 1.73 bits per heavy atom. The highest BCUT2D eigenvalue weighted by Gasteiger charge is 2.16. The van der Waals surface area contributed by atoms with Gasteiger partial charge in [0.15, 0.2) is 0 Å². The largest absolute Gasteiger partial charge is 0.350 e. The maximum absolute atomic E-state index is 12.4. The molecule has 0 bridgehead atoms. The molecule has 0 spiro atoms. The zero-order valence-electron chi connectivity index (χ0n) is 15.3. The maximum atomic E-state index is 12.4. The molecule has 0 aliphatic carbocycles. The quantitative estimate of drug-likeness (QED) is 0.653. The molecule has 5 nitrogen and oxygen atoms in total. The first-order valence-corrected chi connectivity index (χ1v) is 9.38. The van der Waals surface area contributed by atoms with Crippen LogP contribution in [0, 0.1) is 6.92 Å². The molecule has 0 aromatic heterocycles. The lowest BCUT2D eigenvalue weighted by Crippen LogP contribution is -2.45. The second kappa shape index (κ2) is 8.87. The molecular formula is C20H25N3O2S. The number of benzene rings is 2. The predicted molar refractivity (Wildman–Crippen MR) is 108 cm³/mol. The van der Waals surface area contributed by atoms with Gasteiger partial charge in [-0.2, -0.15) is 0 Å². The van der Waals surface area contributed by atoms with Gasteiger partial charge in [-0.3, -0.25) is 9.59 Å². The van der Waals surface area contributed by atoms with Crippen molar-refractivity contribution >= 4 is 29.3 Å². The van der Waals surface area contributed by atoms with E-state index >= 15 is 0 Å². The number of anilines is 1. The van der Waals surface area contributed by atoms with Crippen molar-refractivity contribution < 1.29 is 9.59 Å². The van der Waals surface area contributed by atoms with Crippen LogP contribution in [0.3, 0.4) is 0 Å². The van der Waals surface area contributed by atoms with Crippen molar-refractivity contribution in [2.24, 2.45) is 5.73 Å². The molecule has 2 rings (SSSR count). The van der Waals surface area contributed by atoms with Gasteiger partial charge in [-0.15, -0.1) is 11.8 Å². The number of nitrogens with two attached hydrogens (primary N) is 1. The monoisotopic (exact) mass is 371 g/mol. The van der Waals surface area contributed by atoms with Crippen molar-refractivity contribution in [2.75, 3.05) is 17.6 Å². The molecule has 0 fully saturated rings. The van der Waals surface area contributed by atoms with Gasteiger partial charge >= 0.3 is 0 Å². The fourth-order valence-corrected chi connectivity index (χ4v) is 3.01. The molecule has 0 heterocycles. The first-order chi connectivity index (χ1) is 12.2. The fraction of sp³-hybridized carbons (Fsp3) is 0.300. The maximum Gasteiger partial charge on any atom is 0.252 e. The summed E-state index contributed by atoms with van der Waals surface area (Å²) in [5, 5.41) is 5.69. The summed E-state index contributed by atoms with van der Waals surface area (Å²) in [6.45, 7) is 6.07. The lowest BCUT2D eigenvalue weighted by Gasteiger charge is -2.19. The smallest absolute Gasteiger partial charge is 0.252 e. The summed E-state index contributed by atoms with van der Waals surface area (Å²) >= 11 is 1.34. The van der Waals surface area contributed by atoms with E-state index in [-0.39, 0.29) is 17.6 Å². The molecule has 26 heavy (non-hydrogen) atoms. The Morgan fingerprint density at radius 3 is 2.38 bits per heavy atom. The molecule has 0 unspecified atom stereocenters. The van der Waals surface area contributed by atoms with Crippen LogP contribution in [-0.2, 0) is 4.79 Å². The molecule has 0 atom stereocenters. The average Bonchev–Trinajstić information content (AvgIpc) is 2.59. The number of hydrogen-bond acceptors (Lipinski definition) is 4. The Kier molecular flexibility index (Phi) is 6.83. The first-order valence-electron chi connectivity index (χ1n) is 8.40. The van der Waals surface area contributed by atoms with Gasteiger partial charge in [0, 0.05) is 22.7 Å². The van der Waals surface area contributed by atoms with Crippen LogP contribution in [-0.4, -0.2) is 29.7 Å². The highest BCUT2D eigenvalue weighted by molar-refractivity contribution is 8.00. The van der Waals surface area contributed by atoms with Crippen molar-refractivity contribution in [3.05, 3.63) is 59.7 Å². The lowest BCUT2D eigenvalue weighted by molar-refractivity contribution is -0.113. The Bertz CT molecular complexity index is 767. The van der Waals surface area contributed by atoms with Gasteiger partial charge in [0.25, 0.3) is 5.91 Å². The van der Waals surface area contributed by atoms with Gasteiger partial charge in [-0.25, -0.2) is 0 Å². The van der Waals surface area contributed by atoms with E-state index in [1.165, 1.54) is 11.8 Å². The van der Waals surface area contributed by atoms with Gasteiger partial charge in [0.1, 0.15) is 0 Å². The molecule has 0 aliphatic heterocycles. The Hall–Kier alpha value is -2.31. The highest BCUT2D eigenvalue weighted by atomic mass is 32.2. The normalized spacial score (nSPS) is 11.1. The predicted octanol–water partition coefficient (Wildman–Crippen LogP) is 3.19. The minimum atomic E-state index is -0.480. The molecule has 6 heteroatoms. The van der Waals surface area contributed by atoms with Crippen LogP contribution >= 0.6 is 11.8 Å². The van der Waals surface area contributed by atoms with E-state index in [0.29, 0.717) is 12.1 Å². The van der Waals surface area contributed by atoms with Crippen LogP contribution in [0.15, 0.2) is 53.4 Å². The van der Waals surface area contributed by atoms with E-state index in [1.54, 1.807) is 12.1 Å². The summed E-state index contributed by atoms with van der Waals surface area (Å²) < 4.78 is 0. The Labute approximate surface area is 158 Å². The molecule has 0 radical (unpaired) electrons. The SMILES string of the molecule is Cc1ccc(NC(=O)CSc2ccccc2C(=O)NCC(C)(C)N)cc1. The summed E-state index contributed by atoms with van der Waals surface area (Å²) in [4.78, 5) is 25.3. The molecule has 2 aromatic rings. The van der Waals surface area contributed by atoms with Gasteiger partial charge in [0.2, 0.25) is 5.91 Å². The Balaban J connectivity index is 1.95. The van der Waals surface area contributed by atoms with Gasteiger partial charge in [0.05, 0.1) is 11.3 Å². The number of aryl methyl sites for hydroxylation is 1. The highest BCUT2D eigenvalue weighted by Crippen LogP contribution is 2.23. The number of thioether (sulfide) groups is 1. The fourth-order valence-electron chi connectivity index (χ4n) is 2.16. The summed E-state index contributed by atoms with van der Waals surface area (Å²) in [5.74, 6) is -0.0803. The van der Waals surface area contributed by atoms with E-state index in [0.717, 1.165) is 16.1 Å². The van der Waals surface area contributed by atoms with Crippen molar-refractivity contribution in [1.29, 1.82) is 0 Å². The second-order valence-corrected chi connectivity index (χ2v) is 7.89. The van der Waals surface area contributed by atoms with E-state index in [1.807, 2.05) is 57.2 Å². The van der Waals surface area contributed by atoms with Crippen molar-refractivity contribution in [3.63, 3.8) is 0 Å². The van der Waals surface area contributed by atoms with Crippen LogP contribution in [0.5, 0.6) is 0 Å². The Morgan fingerprint density at radius 1 is 1.08 bits per heavy atom. The van der Waals surface area contributed by atoms with E-state index in [2.05, 4.69) is 10.6 Å². The molecule has 2 aromatic carbocycles. The summed E-state index contributed by atoms with van der Waals surface area (Å²) in [5.41, 5.74) is 7.87. The molecular weight excluding hydrogens is 346 g/mol. The summed E-state index contributed by atoms with van der Waals surface area (Å²) in [7, 11) is 0. The van der Waals surface area contributed by atoms with Crippen LogP contribution in [0.25, 0.3) is 0 Å². The lowest BCUT2D eigenvalue weighted by atomic mass is 10.1. The summed E-state index contributed by atoms with van der Waals surface area (Å²) in [6.07, 6.45) is 0. The second-order valence-electron chi connectivity index (χ2n) is 6.87. The average molecular weight is 372 g/mol. The van der Waals surface area contributed by atoms with Crippen LogP contribution < -0.4 is 16.4 Å². The minimum absolute atomic E-state index is 0.114. The van der Waals surface area contributed by atoms with E-state index in [9.17, 15) is 9.59 Å². The molecule has 138 valence electrons. The van der Waals surface area contributed by atoms with Crippen LogP contribution in [0.1, 0.15) is 29.8 Å². The third-order valence-electron chi connectivity index (χ3n) is 3.53. The third kappa shape index (κ3) is 6.54. The van der Waals surface area contributed by atoms with Gasteiger partial charge < -0.3 is 16.4 Å². The zero-order valence-corrected chi connectivity index (χ0v) is 16.2. The minimum Gasteiger partial charge on any atom is -0.350 e. The molecule has 0 aliphatic rings. The van der Waals surface area contributed by atoms with Gasteiger partial charge in [-0.1, -0.05) is 29.8 Å². The number of amides is 2. The number of hydrogen-bond donors (Lipinski definition) is 3. The van der Waals surface area contributed by atoms with Gasteiger partial charge in [-0.05, 0) is 45.0 Å². The van der Waals surface area contributed by atoms with E-state index < -0.39 is 5.54 Å². The molecule has 4 N–H and O–H groups in total. The number of rotatable bonds is 7.